The van der Waals surface area contributed by atoms with Gasteiger partial charge in [-0.05, 0) is 19.4 Å². The molecule has 94 valence electrons. The van der Waals surface area contributed by atoms with Crippen LogP contribution in [0.25, 0.3) is 0 Å². The van der Waals surface area contributed by atoms with Crippen molar-refractivity contribution in [2.24, 2.45) is 0 Å². The molecule has 1 aromatic carbocycles. The lowest BCUT2D eigenvalue weighted by Gasteiger charge is -2.18. The van der Waals surface area contributed by atoms with Gasteiger partial charge in [0.2, 0.25) is 0 Å². The predicted molar refractivity (Wildman–Crippen MR) is 66.7 cm³/mol. The first-order valence-electron chi connectivity index (χ1n) is 5.92. The van der Waals surface area contributed by atoms with Gasteiger partial charge in [-0.3, -0.25) is 9.05 Å². The molecule has 0 spiro atoms. The topological polar surface area (TPSA) is 38.5 Å². The van der Waals surface area contributed by atoms with Crippen molar-refractivity contribution in [2.75, 3.05) is 19.8 Å². The number of nitrogens with zero attached hydrogens (tertiary/aromatic N) is 1. The number of hydrogen-bond acceptors (Lipinski definition) is 3. The Hall–Kier alpha value is -0.670. The van der Waals surface area contributed by atoms with Gasteiger partial charge in [-0.2, -0.15) is 4.67 Å². The Morgan fingerprint density at radius 2 is 1.82 bits per heavy atom. The maximum atomic E-state index is 12.4. The van der Waals surface area contributed by atoms with Crippen molar-refractivity contribution in [1.29, 1.82) is 0 Å². The van der Waals surface area contributed by atoms with Crippen LogP contribution in [-0.2, 0) is 13.6 Å². The predicted octanol–water partition coefficient (Wildman–Crippen LogP) is 3.22. The summed E-state index contributed by atoms with van der Waals surface area (Å²) < 4.78 is 24.9. The van der Waals surface area contributed by atoms with Crippen LogP contribution in [0, 0.1) is 0 Å². The van der Waals surface area contributed by atoms with Crippen LogP contribution < -0.4 is 0 Å². The average Bonchev–Trinajstić information content (AvgIpc) is 3.11. The number of rotatable bonds is 6. The molecule has 1 aliphatic heterocycles. The molecular formula is C12H18NO3P. The summed E-state index contributed by atoms with van der Waals surface area (Å²) in [6.45, 7) is 5.19. The van der Waals surface area contributed by atoms with E-state index in [1.165, 1.54) is 0 Å². The van der Waals surface area contributed by atoms with Gasteiger partial charge < -0.3 is 0 Å². The second-order valence-corrected chi connectivity index (χ2v) is 5.82. The smallest absolute Gasteiger partial charge is 0.297 e. The first-order chi connectivity index (χ1) is 8.21. The summed E-state index contributed by atoms with van der Waals surface area (Å²) in [5, 5.41) is 0. The molecule has 1 heterocycles. The molecule has 1 aliphatic rings. The molecule has 0 N–H and O–H groups in total. The third-order valence-electron chi connectivity index (χ3n) is 2.67. The summed E-state index contributed by atoms with van der Waals surface area (Å²) in [4.78, 5) is 0. The highest BCUT2D eigenvalue weighted by molar-refractivity contribution is 7.51. The Morgan fingerprint density at radius 1 is 1.24 bits per heavy atom. The van der Waals surface area contributed by atoms with E-state index in [-0.39, 0.29) is 6.04 Å². The largest absolute Gasteiger partial charge is 0.408 e. The van der Waals surface area contributed by atoms with Gasteiger partial charge in [0, 0.05) is 6.54 Å². The maximum Gasteiger partial charge on any atom is 0.408 e. The van der Waals surface area contributed by atoms with Crippen LogP contribution >= 0.6 is 7.75 Å². The second kappa shape index (κ2) is 5.32. The standard InChI is InChI=1S/C12H18NO3P/c1-3-15-17(14,16-4-2)13-10-12(13)11-8-6-5-7-9-11/h5-9,12H,3-4,10H2,1-2H3/t12-,13?/m1/s1. The van der Waals surface area contributed by atoms with Crippen molar-refractivity contribution in [3.05, 3.63) is 35.9 Å². The van der Waals surface area contributed by atoms with Crippen LogP contribution in [0.15, 0.2) is 30.3 Å². The minimum absolute atomic E-state index is 0.167. The Bertz CT molecular complexity index is 399. The second-order valence-electron chi connectivity index (χ2n) is 3.85. The van der Waals surface area contributed by atoms with Crippen molar-refractivity contribution in [3.8, 4) is 0 Å². The minimum Gasteiger partial charge on any atom is -0.297 e. The average molecular weight is 255 g/mol. The summed E-state index contributed by atoms with van der Waals surface area (Å²) in [7, 11) is -3.07. The summed E-state index contributed by atoms with van der Waals surface area (Å²) in [5.74, 6) is 0. The third-order valence-corrected chi connectivity index (χ3v) is 4.91. The molecule has 0 bridgehead atoms. The van der Waals surface area contributed by atoms with Crippen LogP contribution in [0.5, 0.6) is 0 Å². The molecule has 4 nitrogen and oxygen atoms in total. The first kappa shape index (κ1) is 12.8. The fraction of sp³-hybridized carbons (Fsp3) is 0.500. The Labute approximate surface area is 102 Å². The highest BCUT2D eigenvalue weighted by Gasteiger charge is 2.50. The Morgan fingerprint density at radius 3 is 2.35 bits per heavy atom. The molecule has 0 aromatic heterocycles. The van der Waals surface area contributed by atoms with Crippen LogP contribution in [0.4, 0.5) is 0 Å². The maximum absolute atomic E-state index is 12.4. The zero-order chi connectivity index (χ0) is 12.3. The van der Waals surface area contributed by atoms with E-state index in [2.05, 4.69) is 0 Å². The van der Waals surface area contributed by atoms with Crippen molar-refractivity contribution >= 4 is 7.75 Å². The van der Waals surface area contributed by atoms with Crippen LogP contribution in [-0.4, -0.2) is 24.4 Å². The van der Waals surface area contributed by atoms with E-state index in [0.717, 1.165) is 12.1 Å². The molecule has 2 rings (SSSR count). The van der Waals surface area contributed by atoms with Crippen molar-refractivity contribution in [1.82, 2.24) is 4.67 Å². The summed E-state index contributed by atoms with van der Waals surface area (Å²) in [6, 6.07) is 10.2. The number of hydrogen-bond donors (Lipinski definition) is 0. The van der Waals surface area contributed by atoms with Crippen LogP contribution in [0.3, 0.4) is 0 Å². The van der Waals surface area contributed by atoms with Gasteiger partial charge in [0.05, 0.1) is 19.3 Å². The van der Waals surface area contributed by atoms with E-state index in [4.69, 9.17) is 9.05 Å². The molecule has 2 atom stereocenters. The van der Waals surface area contributed by atoms with Gasteiger partial charge in [0.25, 0.3) is 0 Å². The normalized spacial score (nSPS) is 23.6. The molecule has 0 amide bonds. The third kappa shape index (κ3) is 2.78. The Balaban J connectivity index is 2.08. The first-order valence-corrected chi connectivity index (χ1v) is 7.42. The van der Waals surface area contributed by atoms with Crippen molar-refractivity contribution < 1.29 is 13.6 Å². The van der Waals surface area contributed by atoms with Crippen LogP contribution in [0.1, 0.15) is 25.5 Å². The minimum atomic E-state index is -3.07. The van der Waals surface area contributed by atoms with Crippen molar-refractivity contribution in [2.45, 2.75) is 19.9 Å². The highest BCUT2D eigenvalue weighted by atomic mass is 31.2. The fourth-order valence-electron chi connectivity index (χ4n) is 1.87. The SMILES string of the molecule is CCOP(=O)(OCC)N1C[C@@H]1c1ccccc1. The summed E-state index contributed by atoms with van der Waals surface area (Å²) in [6.07, 6.45) is 0. The molecule has 17 heavy (non-hydrogen) atoms. The van der Waals surface area contributed by atoms with Gasteiger partial charge in [-0.25, -0.2) is 4.57 Å². The van der Waals surface area contributed by atoms with Gasteiger partial charge in [-0.15, -0.1) is 0 Å². The zero-order valence-corrected chi connectivity index (χ0v) is 11.1. The highest BCUT2D eigenvalue weighted by Crippen LogP contribution is 2.62. The number of benzene rings is 1. The van der Waals surface area contributed by atoms with E-state index in [9.17, 15) is 4.57 Å². The Kier molecular flexibility index (Phi) is 4.00. The van der Waals surface area contributed by atoms with E-state index < -0.39 is 7.75 Å². The zero-order valence-electron chi connectivity index (χ0n) is 10.2. The lowest BCUT2D eigenvalue weighted by atomic mass is 10.2. The molecular weight excluding hydrogens is 237 g/mol. The summed E-state index contributed by atoms with van der Waals surface area (Å²) >= 11 is 0. The molecule has 0 radical (unpaired) electrons. The van der Waals surface area contributed by atoms with E-state index in [1.807, 2.05) is 44.2 Å². The molecule has 5 heteroatoms. The molecule has 0 saturated carbocycles. The van der Waals surface area contributed by atoms with Gasteiger partial charge in [0.1, 0.15) is 0 Å². The van der Waals surface area contributed by atoms with E-state index in [0.29, 0.717) is 13.2 Å². The fourth-order valence-corrected chi connectivity index (χ4v) is 3.72. The van der Waals surface area contributed by atoms with Gasteiger partial charge in [0.15, 0.2) is 0 Å². The van der Waals surface area contributed by atoms with Gasteiger partial charge in [-0.1, -0.05) is 30.3 Å². The molecule has 1 unspecified atom stereocenters. The monoisotopic (exact) mass is 255 g/mol. The lowest BCUT2D eigenvalue weighted by molar-refractivity contribution is 0.195. The van der Waals surface area contributed by atoms with E-state index >= 15 is 0 Å². The van der Waals surface area contributed by atoms with E-state index in [1.54, 1.807) is 4.67 Å². The van der Waals surface area contributed by atoms with Crippen LogP contribution in [0.2, 0.25) is 0 Å². The van der Waals surface area contributed by atoms with Gasteiger partial charge >= 0.3 is 7.75 Å². The quantitative estimate of drug-likeness (QED) is 0.578. The molecule has 1 fully saturated rings. The van der Waals surface area contributed by atoms with Crippen molar-refractivity contribution in [3.63, 3.8) is 0 Å². The molecule has 1 aromatic rings. The molecule has 1 saturated heterocycles. The molecule has 0 aliphatic carbocycles. The lowest BCUT2D eigenvalue weighted by Crippen LogP contribution is -2.04. The summed E-state index contributed by atoms with van der Waals surface area (Å²) in [5.41, 5.74) is 1.16.